The Hall–Kier alpha value is -4.15. The van der Waals surface area contributed by atoms with Gasteiger partial charge in [-0.15, -0.1) is 4.59 Å². The summed E-state index contributed by atoms with van der Waals surface area (Å²) in [6, 6.07) is 10.4. The highest BCUT2D eigenvalue weighted by Crippen LogP contribution is 2.43. The molecule has 1 aliphatic carbocycles. The van der Waals surface area contributed by atoms with Crippen LogP contribution in [0.15, 0.2) is 82.6 Å². The highest BCUT2D eigenvalue weighted by Gasteiger charge is 2.50. The van der Waals surface area contributed by atoms with Crippen molar-refractivity contribution in [3.63, 3.8) is 0 Å². The van der Waals surface area contributed by atoms with Crippen molar-refractivity contribution in [3.8, 4) is 0 Å². The fourth-order valence-electron chi connectivity index (χ4n) is 3.74. The second-order valence-electron chi connectivity index (χ2n) is 8.04. The van der Waals surface area contributed by atoms with E-state index in [9.17, 15) is 9.59 Å². The molecule has 33 heavy (non-hydrogen) atoms. The maximum absolute atomic E-state index is 13.1. The summed E-state index contributed by atoms with van der Waals surface area (Å²) in [7, 11) is 0. The number of quaternary nitrogens is 1. The molecule has 166 valence electrons. The molecule has 1 fully saturated rings. The molecular weight excluding hydrogens is 420 g/mol. The normalized spacial score (nSPS) is 20.8. The third-order valence-electron chi connectivity index (χ3n) is 5.55. The number of hydrogen-bond donors (Lipinski definition) is 4. The molecule has 5 N–H and O–H groups in total. The quantitative estimate of drug-likeness (QED) is 0.403. The lowest BCUT2D eigenvalue weighted by atomic mass is 10.2. The van der Waals surface area contributed by atoms with E-state index in [2.05, 4.69) is 30.9 Å². The van der Waals surface area contributed by atoms with Crippen molar-refractivity contribution in [2.45, 2.75) is 19.4 Å². The van der Waals surface area contributed by atoms with Gasteiger partial charge in [0.2, 0.25) is 5.70 Å². The summed E-state index contributed by atoms with van der Waals surface area (Å²) in [4.78, 5) is 38.0. The number of rotatable bonds is 6. The van der Waals surface area contributed by atoms with Crippen LogP contribution in [0.4, 0.5) is 16.2 Å². The van der Waals surface area contributed by atoms with Crippen molar-refractivity contribution < 1.29 is 14.2 Å². The SMILES string of the molecule is N[N+]12C=CN=CC1=C(C1CC1)N=C2C(=O)Nc1cccc(CNC(=O)Nc2cccnc2)c1. The van der Waals surface area contributed by atoms with E-state index in [1.54, 1.807) is 55.3 Å². The zero-order valence-corrected chi connectivity index (χ0v) is 17.7. The Bertz CT molecular complexity index is 1230. The highest BCUT2D eigenvalue weighted by atomic mass is 16.2. The Morgan fingerprint density at radius 2 is 1.97 bits per heavy atom. The summed E-state index contributed by atoms with van der Waals surface area (Å²) >= 11 is 0. The molecule has 2 aromatic rings. The topological polar surface area (TPSA) is 134 Å². The molecule has 1 saturated carbocycles. The fourth-order valence-corrected chi connectivity index (χ4v) is 3.74. The number of anilines is 2. The largest absolute Gasteiger partial charge is 0.334 e. The molecule has 1 atom stereocenters. The molecule has 2 aliphatic heterocycles. The summed E-state index contributed by atoms with van der Waals surface area (Å²) in [6.07, 6.45) is 10.2. The molecule has 3 heterocycles. The third kappa shape index (κ3) is 4.29. The molecule has 1 unspecified atom stereocenters. The van der Waals surface area contributed by atoms with Crippen LogP contribution in [0.5, 0.6) is 0 Å². The number of urea groups is 1. The van der Waals surface area contributed by atoms with E-state index in [-0.39, 0.29) is 28.9 Å². The van der Waals surface area contributed by atoms with Gasteiger partial charge in [0, 0.05) is 24.3 Å². The summed E-state index contributed by atoms with van der Waals surface area (Å²) < 4.78 is -0.281. The van der Waals surface area contributed by atoms with Gasteiger partial charge in [-0.25, -0.2) is 4.79 Å². The number of amides is 3. The van der Waals surface area contributed by atoms with Gasteiger partial charge >= 0.3 is 17.8 Å². The molecule has 0 spiro atoms. The Balaban J connectivity index is 1.24. The molecule has 3 amide bonds. The van der Waals surface area contributed by atoms with Gasteiger partial charge in [0.1, 0.15) is 11.9 Å². The van der Waals surface area contributed by atoms with Crippen molar-refractivity contribution in [2.24, 2.45) is 21.7 Å². The van der Waals surface area contributed by atoms with E-state index in [4.69, 9.17) is 5.84 Å². The number of nitrogens with one attached hydrogen (secondary N) is 3. The number of benzene rings is 1. The molecule has 3 aliphatic rings. The van der Waals surface area contributed by atoms with Crippen LogP contribution in [-0.2, 0) is 11.3 Å². The molecule has 5 rings (SSSR count). The molecule has 0 bridgehead atoms. The van der Waals surface area contributed by atoms with Crippen LogP contribution in [0.1, 0.15) is 18.4 Å². The minimum absolute atomic E-state index is 0.202. The minimum Gasteiger partial charge on any atom is -0.334 e. The number of carbonyl (C=O) groups is 2. The number of allylic oxidation sites excluding steroid dienone is 2. The van der Waals surface area contributed by atoms with Gasteiger partial charge in [0.25, 0.3) is 0 Å². The zero-order chi connectivity index (χ0) is 22.8. The molecule has 10 heteroatoms. The van der Waals surface area contributed by atoms with Crippen LogP contribution in [0.2, 0.25) is 0 Å². The Morgan fingerprint density at radius 3 is 2.76 bits per heavy atom. The number of hydrogen-bond acceptors (Lipinski definition) is 6. The number of aromatic nitrogens is 1. The fraction of sp³-hybridized carbons (Fsp3) is 0.174. The first-order valence-electron chi connectivity index (χ1n) is 10.6. The number of amidine groups is 1. The van der Waals surface area contributed by atoms with E-state index in [1.165, 1.54) is 0 Å². The Morgan fingerprint density at radius 1 is 1.12 bits per heavy atom. The molecular formula is C23H23N8O2+. The number of nitrogens with zero attached hydrogens (tertiary/aromatic N) is 4. The van der Waals surface area contributed by atoms with Crippen molar-refractivity contribution >= 4 is 35.4 Å². The minimum atomic E-state index is -0.384. The van der Waals surface area contributed by atoms with Crippen molar-refractivity contribution in [3.05, 3.63) is 78.1 Å². The van der Waals surface area contributed by atoms with Crippen molar-refractivity contribution in [1.29, 1.82) is 0 Å². The maximum atomic E-state index is 13.1. The van der Waals surface area contributed by atoms with Crippen LogP contribution >= 0.6 is 0 Å². The first-order chi connectivity index (χ1) is 16.0. The van der Waals surface area contributed by atoms with Crippen LogP contribution in [0.25, 0.3) is 0 Å². The monoisotopic (exact) mass is 443 g/mol. The van der Waals surface area contributed by atoms with Gasteiger partial charge in [-0.2, -0.15) is 10.8 Å². The van der Waals surface area contributed by atoms with Crippen LogP contribution in [0, 0.1) is 5.92 Å². The van der Waals surface area contributed by atoms with Crippen molar-refractivity contribution in [2.75, 3.05) is 10.6 Å². The van der Waals surface area contributed by atoms with Crippen molar-refractivity contribution in [1.82, 2.24) is 10.3 Å². The van der Waals surface area contributed by atoms with E-state index in [0.717, 1.165) is 29.8 Å². The number of aliphatic imine (C=N–C) groups is 2. The second kappa shape index (κ2) is 8.41. The Labute approximate surface area is 190 Å². The van der Waals surface area contributed by atoms with Crippen LogP contribution in [-0.4, -0.2) is 33.6 Å². The summed E-state index contributed by atoms with van der Waals surface area (Å²) in [5.41, 5.74) is 3.58. The summed E-state index contributed by atoms with van der Waals surface area (Å²) in [5.74, 6) is 6.69. The second-order valence-corrected chi connectivity index (χ2v) is 8.04. The zero-order valence-electron chi connectivity index (χ0n) is 17.7. The predicted octanol–water partition coefficient (Wildman–Crippen LogP) is 2.62. The van der Waals surface area contributed by atoms with E-state index in [1.807, 2.05) is 12.1 Å². The number of carbonyl (C=O) groups excluding carboxylic acids is 2. The molecule has 1 aromatic carbocycles. The van der Waals surface area contributed by atoms with E-state index in [0.29, 0.717) is 17.3 Å². The lowest BCUT2D eigenvalue weighted by Gasteiger charge is -2.25. The molecule has 0 radical (unpaired) electrons. The van der Waals surface area contributed by atoms with Gasteiger partial charge in [-0.3, -0.25) is 14.8 Å². The average molecular weight is 443 g/mol. The highest BCUT2D eigenvalue weighted by molar-refractivity contribution is 6.40. The summed E-state index contributed by atoms with van der Waals surface area (Å²) in [5, 5.41) is 8.38. The average Bonchev–Trinajstić information content (AvgIpc) is 3.60. The first-order valence-corrected chi connectivity index (χ1v) is 10.6. The standard InChI is InChI=1S/C23H22N8O2/c24-31-10-9-26-14-19(31)20(16-6-7-16)30-21(31)22(32)28-17-4-1-3-15(11-17)12-27-23(33)29-18-5-2-8-25-13-18/h1-5,8-11,13-14,16H,6-7,12,24H2,(H2-,27,28,29,32,33)/p+1. The van der Waals surface area contributed by atoms with E-state index >= 15 is 0 Å². The van der Waals surface area contributed by atoms with E-state index < -0.39 is 0 Å². The first kappa shape index (κ1) is 20.7. The van der Waals surface area contributed by atoms with Gasteiger partial charge in [0.05, 0.1) is 24.3 Å². The maximum Gasteiger partial charge on any atom is 0.333 e. The summed E-state index contributed by atoms with van der Waals surface area (Å²) in [6.45, 7) is 0.282. The number of fused-ring (bicyclic) bond motifs is 1. The molecule has 0 saturated heterocycles. The lowest BCUT2D eigenvalue weighted by Crippen LogP contribution is -2.56. The van der Waals surface area contributed by atoms with Gasteiger partial charge in [-0.05, 0) is 42.7 Å². The van der Waals surface area contributed by atoms with Crippen LogP contribution in [0.3, 0.4) is 0 Å². The van der Waals surface area contributed by atoms with Crippen LogP contribution < -0.4 is 21.8 Å². The van der Waals surface area contributed by atoms with Gasteiger partial charge < -0.3 is 16.0 Å². The predicted molar refractivity (Wildman–Crippen MR) is 124 cm³/mol. The molecule has 10 nitrogen and oxygen atoms in total. The van der Waals surface area contributed by atoms with Gasteiger partial charge in [0.15, 0.2) is 0 Å². The number of pyridine rings is 1. The molecule has 1 aromatic heterocycles. The Kier molecular flexibility index (Phi) is 5.29. The van der Waals surface area contributed by atoms with Gasteiger partial charge in [-0.1, -0.05) is 12.1 Å². The smallest absolute Gasteiger partial charge is 0.333 e. The third-order valence-corrected chi connectivity index (χ3v) is 5.55. The lowest BCUT2D eigenvalue weighted by molar-refractivity contribution is -0.749. The number of nitrogens with two attached hydrogens (primary N) is 1.